The molecule has 1 aromatic carbocycles. The van der Waals surface area contributed by atoms with Gasteiger partial charge in [-0.2, -0.15) is 0 Å². The van der Waals surface area contributed by atoms with Gasteiger partial charge in [0.25, 0.3) is 0 Å². The molecule has 0 spiro atoms. The number of aliphatic imine (C=N–C) groups is 1. The third kappa shape index (κ3) is 2.44. The van der Waals surface area contributed by atoms with Crippen molar-refractivity contribution in [2.75, 3.05) is 18.0 Å². The van der Waals surface area contributed by atoms with Gasteiger partial charge in [0.1, 0.15) is 6.54 Å². The second-order valence-electron chi connectivity index (χ2n) is 3.79. The van der Waals surface area contributed by atoms with Gasteiger partial charge in [0, 0.05) is 5.69 Å². The third-order valence-electron chi connectivity index (χ3n) is 2.64. The molecule has 0 radical (unpaired) electrons. The van der Waals surface area contributed by atoms with Gasteiger partial charge >= 0.3 is 0 Å². The number of hydrogen-bond acceptors (Lipinski definition) is 4. The molecule has 1 aromatic rings. The Morgan fingerprint density at radius 2 is 2.11 bits per heavy atom. The standard InChI is InChI=1S/C12H11N3O3/c16-8-13-5-9-3-1-2-4-10(9)15-7-11(17)14-6-12(15)18/h1-4H,5-7H2,(H,14,17). The van der Waals surface area contributed by atoms with E-state index in [1.54, 1.807) is 24.3 Å². The highest BCUT2D eigenvalue weighted by molar-refractivity contribution is 6.04. The molecule has 1 saturated heterocycles. The average Bonchev–Trinajstić information content (AvgIpc) is 2.39. The van der Waals surface area contributed by atoms with Gasteiger partial charge < -0.3 is 10.2 Å². The summed E-state index contributed by atoms with van der Waals surface area (Å²) in [4.78, 5) is 38.1. The number of isocyanates is 1. The van der Waals surface area contributed by atoms with E-state index in [2.05, 4.69) is 10.3 Å². The summed E-state index contributed by atoms with van der Waals surface area (Å²) in [5.74, 6) is -0.388. The summed E-state index contributed by atoms with van der Waals surface area (Å²) in [6.07, 6.45) is 1.46. The quantitative estimate of drug-likeness (QED) is 0.600. The number of piperazine rings is 1. The summed E-state index contributed by atoms with van der Waals surface area (Å²) in [7, 11) is 0. The molecule has 18 heavy (non-hydrogen) atoms. The van der Waals surface area contributed by atoms with Gasteiger partial charge in [-0.15, -0.1) is 0 Å². The van der Waals surface area contributed by atoms with Crippen molar-refractivity contribution < 1.29 is 14.4 Å². The van der Waals surface area contributed by atoms with Gasteiger partial charge in [0.15, 0.2) is 0 Å². The van der Waals surface area contributed by atoms with Crippen LogP contribution in [0.5, 0.6) is 0 Å². The van der Waals surface area contributed by atoms with Crippen molar-refractivity contribution in [1.82, 2.24) is 5.32 Å². The van der Waals surface area contributed by atoms with Gasteiger partial charge in [0.05, 0.1) is 13.1 Å². The summed E-state index contributed by atoms with van der Waals surface area (Å²) in [5.41, 5.74) is 1.32. The molecule has 92 valence electrons. The van der Waals surface area contributed by atoms with Gasteiger partial charge in [-0.25, -0.2) is 9.79 Å². The number of carbonyl (C=O) groups is 2. The Kier molecular flexibility index (Phi) is 3.50. The van der Waals surface area contributed by atoms with Crippen molar-refractivity contribution in [3.63, 3.8) is 0 Å². The van der Waals surface area contributed by atoms with Crippen molar-refractivity contribution in [3.8, 4) is 0 Å². The van der Waals surface area contributed by atoms with Gasteiger partial charge in [-0.05, 0) is 11.6 Å². The van der Waals surface area contributed by atoms with Crippen LogP contribution in [-0.2, 0) is 20.9 Å². The van der Waals surface area contributed by atoms with E-state index in [1.807, 2.05) is 0 Å². The molecule has 0 aromatic heterocycles. The minimum absolute atomic E-state index is 0.00981. The van der Waals surface area contributed by atoms with Crippen molar-refractivity contribution in [2.24, 2.45) is 4.99 Å². The lowest BCUT2D eigenvalue weighted by atomic mass is 10.1. The minimum atomic E-state index is -0.205. The minimum Gasteiger partial charge on any atom is -0.345 e. The number of carbonyl (C=O) groups excluding carboxylic acids is 3. The first-order chi connectivity index (χ1) is 8.72. The van der Waals surface area contributed by atoms with Crippen LogP contribution in [0.2, 0.25) is 0 Å². The molecule has 6 heteroatoms. The van der Waals surface area contributed by atoms with Crippen molar-refractivity contribution >= 4 is 23.6 Å². The van der Waals surface area contributed by atoms with E-state index >= 15 is 0 Å². The Balaban J connectivity index is 2.33. The van der Waals surface area contributed by atoms with Crippen LogP contribution in [0.3, 0.4) is 0 Å². The lowest BCUT2D eigenvalue weighted by Gasteiger charge is -2.28. The number of para-hydroxylation sites is 1. The van der Waals surface area contributed by atoms with Crippen LogP contribution in [0.4, 0.5) is 5.69 Å². The molecule has 0 unspecified atom stereocenters. The van der Waals surface area contributed by atoms with E-state index in [9.17, 15) is 14.4 Å². The average molecular weight is 245 g/mol. The van der Waals surface area contributed by atoms with Crippen LogP contribution in [-0.4, -0.2) is 31.0 Å². The summed E-state index contributed by atoms with van der Waals surface area (Å²) < 4.78 is 0. The monoisotopic (exact) mass is 245 g/mol. The van der Waals surface area contributed by atoms with Crippen molar-refractivity contribution in [1.29, 1.82) is 0 Å². The Bertz CT molecular complexity index is 535. The molecule has 1 heterocycles. The summed E-state index contributed by atoms with van der Waals surface area (Å²) in [6.45, 7) is 0.121. The maximum Gasteiger partial charge on any atom is 0.246 e. The van der Waals surface area contributed by atoms with E-state index in [1.165, 1.54) is 11.0 Å². The fraction of sp³-hybridized carbons (Fsp3) is 0.250. The highest BCUT2D eigenvalue weighted by atomic mass is 16.2. The molecule has 0 aliphatic carbocycles. The number of nitrogens with one attached hydrogen (secondary N) is 1. The van der Waals surface area contributed by atoms with E-state index < -0.39 is 0 Å². The predicted octanol–water partition coefficient (Wildman–Crippen LogP) is -0.0148. The zero-order chi connectivity index (χ0) is 13.0. The lowest BCUT2D eigenvalue weighted by molar-refractivity contribution is -0.128. The number of amides is 2. The highest BCUT2D eigenvalue weighted by Gasteiger charge is 2.25. The molecule has 1 N–H and O–H groups in total. The zero-order valence-electron chi connectivity index (χ0n) is 9.55. The molecule has 6 nitrogen and oxygen atoms in total. The van der Waals surface area contributed by atoms with Crippen LogP contribution in [0.15, 0.2) is 29.3 Å². The summed E-state index contributed by atoms with van der Waals surface area (Å²) >= 11 is 0. The van der Waals surface area contributed by atoms with Crippen LogP contribution < -0.4 is 10.2 Å². The molecular weight excluding hydrogens is 234 g/mol. The molecule has 1 fully saturated rings. The second-order valence-corrected chi connectivity index (χ2v) is 3.79. The van der Waals surface area contributed by atoms with Gasteiger partial charge in [-0.1, -0.05) is 18.2 Å². The topological polar surface area (TPSA) is 78.8 Å². The Hall–Kier alpha value is -2.46. The number of hydrogen-bond donors (Lipinski definition) is 1. The number of nitrogens with zero attached hydrogens (tertiary/aromatic N) is 2. The Morgan fingerprint density at radius 1 is 1.33 bits per heavy atom. The van der Waals surface area contributed by atoms with Crippen LogP contribution in [0.25, 0.3) is 0 Å². The molecule has 2 amide bonds. The van der Waals surface area contributed by atoms with Crippen molar-refractivity contribution in [2.45, 2.75) is 6.54 Å². The smallest absolute Gasteiger partial charge is 0.246 e. The molecule has 1 aliphatic rings. The van der Waals surface area contributed by atoms with Crippen LogP contribution in [0, 0.1) is 0 Å². The lowest BCUT2D eigenvalue weighted by Crippen LogP contribution is -2.52. The zero-order valence-corrected chi connectivity index (χ0v) is 9.55. The Labute approximate surface area is 103 Å². The van der Waals surface area contributed by atoms with Crippen molar-refractivity contribution in [3.05, 3.63) is 29.8 Å². The van der Waals surface area contributed by atoms with E-state index in [0.717, 1.165) is 0 Å². The maximum atomic E-state index is 11.8. The first-order valence-electron chi connectivity index (χ1n) is 5.41. The summed E-state index contributed by atoms with van der Waals surface area (Å²) in [5, 5.41) is 2.48. The van der Waals surface area contributed by atoms with Crippen LogP contribution in [0.1, 0.15) is 5.56 Å². The van der Waals surface area contributed by atoms with Gasteiger partial charge in [-0.3, -0.25) is 9.59 Å². The molecule has 0 atom stereocenters. The first-order valence-corrected chi connectivity index (χ1v) is 5.41. The van der Waals surface area contributed by atoms with E-state index in [-0.39, 0.29) is 31.4 Å². The van der Waals surface area contributed by atoms with E-state index in [4.69, 9.17) is 0 Å². The highest BCUT2D eigenvalue weighted by Crippen LogP contribution is 2.22. The number of rotatable bonds is 3. The number of anilines is 1. The number of benzene rings is 1. The van der Waals surface area contributed by atoms with E-state index in [0.29, 0.717) is 11.3 Å². The first kappa shape index (κ1) is 12.0. The molecular formula is C12H11N3O3. The third-order valence-corrected chi connectivity index (χ3v) is 2.64. The maximum absolute atomic E-state index is 11.8. The predicted molar refractivity (Wildman–Crippen MR) is 63.6 cm³/mol. The Morgan fingerprint density at radius 3 is 2.89 bits per heavy atom. The van der Waals surface area contributed by atoms with Gasteiger partial charge in [0.2, 0.25) is 17.9 Å². The largest absolute Gasteiger partial charge is 0.345 e. The second kappa shape index (κ2) is 5.25. The fourth-order valence-corrected chi connectivity index (χ4v) is 1.80. The fourth-order valence-electron chi connectivity index (χ4n) is 1.80. The molecule has 1 aliphatic heterocycles. The molecule has 0 bridgehead atoms. The van der Waals surface area contributed by atoms with Crippen LogP contribution >= 0.6 is 0 Å². The molecule has 2 rings (SSSR count). The summed E-state index contributed by atoms with van der Waals surface area (Å²) in [6, 6.07) is 7.04. The normalized spacial score (nSPS) is 15.0. The molecule has 0 saturated carbocycles. The SMILES string of the molecule is O=C=NCc1ccccc1N1CC(=O)NCC1=O.